The molecule has 5 heterocycles. The van der Waals surface area contributed by atoms with E-state index in [0.717, 1.165) is 65.2 Å². The first-order valence-corrected chi connectivity index (χ1v) is 14.9. The van der Waals surface area contributed by atoms with Gasteiger partial charge in [0.2, 0.25) is 0 Å². The Kier molecular flexibility index (Phi) is 7.49. The number of hydrogen-bond donors (Lipinski definition) is 2. The Labute approximate surface area is 223 Å². The Hall–Kier alpha value is -2.42. The summed E-state index contributed by atoms with van der Waals surface area (Å²) < 4.78 is 6.05. The zero-order valence-electron chi connectivity index (χ0n) is 21.9. The molecule has 0 unspecified atom stereocenters. The third-order valence-electron chi connectivity index (χ3n) is 8.56. The molecule has 8 heteroatoms. The number of piperidine rings is 3. The lowest BCUT2D eigenvalue weighted by Gasteiger charge is -2.46. The lowest BCUT2D eigenvalue weighted by atomic mass is 9.83. The van der Waals surface area contributed by atoms with Crippen molar-refractivity contribution >= 4 is 28.1 Å². The van der Waals surface area contributed by atoms with Gasteiger partial charge in [-0.15, -0.1) is 11.3 Å². The molecule has 7 nitrogen and oxygen atoms in total. The molecule has 0 spiro atoms. The molecule has 0 radical (unpaired) electrons. The second kappa shape index (κ2) is 11.1. The first kappa shape index (κ1) is 24.9. The van der Waals surface area contributed by atoms with Crippen LogP contribution in [0, 0.1) is 12.8 Å². The van der Waals surface area contributed by atoms with Crippen molar-refractivity contribution in [3.63, 3.8) is 0 Å². The first-order chi connectivity index (χ1) is 18.1. The fourth-order valence-corrected chi connectivity index (χ4v) is 7.24. The molecule has 3 aliphatic rings. The highest BCUT2D eigenvalue weighted by Gasteiger charge is 2.34. The largest absolute Gasteiger partial charge is 0.487 e. The first-order valence-electron chi connectivity index (χ1n) is 14.1. The predicted octanol–water partition coefficient (Wildman–Crippen LogP) is 4.97. The number of carbonyl (C=O) groups is 1. The van der Waals surface area contributed by atoms with Gasteiger partial charge in [0.1, 0.15) is 18.1 Å². The summed E-state index contributed by atoms with van der Waals surface area (Å²) in [6.07, 6.45) is 8.95. The fourth-order valence-electron chi connectivity index (χ4n) is 6.65. The number of rotatable bonds is 7. The van der Waals surface area contributed by atoms with E-state index >= 15 is 0 Å². The maximum absolute atomic E-state index is 13.1. The average Bonchev–Trinajstić information content (AvgIpc) is 3.55. The van der Waals surface area contributed by atoms with Crippen LogP contribution in [0.1, 0.15) is 66.1 Å². The molecule has 0 bridgehead atoms. The van der Waals surface area contributed by atoms with Gasteiger partial charge in [-0.3, -0.25) is 4.79 Å². The molecule has 3 aliphatic heterocycles. The summed E-state index contributed by atoms with van der Waals surface area (Å²) in [5.41, 5.74) is 2.44. The van der Waals surface area contributed by atoms with E-state index in [1.165, 1.54) is 51.7 Å². The molecule has 1 amide bonds. The minimum Gasteiger partial charge on any atom is -0.487 e. The van der Waals surface area contributed by atoms with E-state index in [0.29, 0.717) is 12.3 Å². The number of thiazole rings is 1. The van der Waals surface area contributed by atoms with Crippen molar-refractivity contribution < 1.29 is 9.53 Å². The molecular formula is C29H39N5O2S. The van der Waals surface area contributed by atoms with Gasteiger partial charge in [0, 0.05) is 48.0 Å². The van der Waals surface area contributed by atoms with E-state index in [9.17, 15) is 4.79 Å². The van der Waals surface area contributed by atoms with Crippen LogP contribution in [-0.4, -0.2) is 70.5 Å². The standard InChI is InChI=1S/C29H39N5O2S/c1-20-30-23(19-37-20)18-36-28-9-4-7-25-24(28)16-26(32-25)29(35)31-22-10-14-33(15-11-22)17-21-6-5-13-34-12-3-2-8-27(21)34/h4,7,9,16,19,21-22,27,32H,2-3,5-6,8,10-15,17-18H2,1H3,(H,31,35)/t21-,27+/m0/s1. The van der Waals surface area contributed by atoms with E-state index in [4.69, 9.17) is 4.74 Å². The summed E-state index contributed by atoms with van der Waals surface area (Å²) in [6, 6.07) is 8.85. The van der Waals surface area contributed by atoms with Crippen molar-refractivity contribution in [3.8, 4) is 5.75 Å². The smallest absolute Gasteiger partial charge is 0.267 e. The highest BCUT2D eigenvalue weighted by Crippen LogP contribution is 2.32. The molecule has 3 fully saturated rings. The number of hydrogen-bond acceptors (Lipinski definition) is 6. The second-order valence-electron chi connectivity index (χ2n) is 11.1. The Balaban J connectivity index is 1.02. The number of nitrogens with one attached hydrogen (secondary N) is 2. The third kappa shape index (κ3) is 5.71. The Morgan fingerprint density at radius 1 is 1.14 bits per heavy atom. The van der Waals surface area contributed by atoms with Crippen LogP contribution in [0.2, 0.25) is 0 Å². The quantitative estimate of drug-likeness (QED) is 0.459. The maximum atomic E-state index is 13.1. The molecule has 2 N–H and O–H groups in total. The molecule has 37 heavy (non-hydrogen) atoms. The number of fused-ring (bicyclic) bond motifs is 2. The normalized spacial score (nSPS) is 23.7. The number of nitrogens with zero attached hydrogens (tertiary/aromatic N) is 3. The Morgan fingerprint density at radius 2 is 2.00 bits per heavy atom. The summed E-state index contributed by atoms with van der Waals surface area (Å²) in [4.78, 5) is 26.3. The second-order valence-corrected chi connectivity index (χ2v) is 12.2. The summed E-state index contributed by atoms with van der Waals surface area (Å²) in [5, 5.41) is 7.28. The number of benzene rings is 1. The van der Waals surface area contributed by atoms with Crippen molar-refractivity contribution in [1.29, 1.82) is 0 Å². The fraction of sp³-hybridized carbons (Fsp3) is 0.586. The van der Waals surface area contributed by atoms with Crippen LogP contribution in [0.5, 0.6) is 5.75 Å². The summed E-state index contributed by atoms with van der Waals surface area (Å²) in [5.74, 6) is 1.56. The van der Waals surface area contributed by atoms with Gasteiger partial charge in [-0.2, -0.15) is 0 Å². The Bertz CT molecular complexity index is 1210. The number of carbonyl (C=O) groups excluding carboxylic acids is 1. The Morgan fingerprint density at radius 3 is 2.84 bits per heavy atom. The SMILES string of the molecule is Cc1nc(COc2cccc3[nH]c(C(=O)NC4CCN(C[C@@H]5CCCN6CCCC[C@H]56)CC4)cc23)cs1. The summed E-state index contributed by atoms with van der Waals surface area (Å²) in [7, 11) is 0. The van der Waals surface area contributed by atoms with Gasteiger partial charge >= 0.3 is 0 Å². The van der Waals surface area contributed by atoms with Crippen LogP contribution in [0.25, 0.3) is 10.9 Å². The zero-order valence-corrected chi connectivity index (χ0v) is 22.7. The number of H-pyrrole nitrogens is 1. The lowest BCUT2D eigenvalue weighted by Crippen LogP contribution is -2.52. The molecule has 2 aromatic heterocycles. The number of ether oxygens (including phenoxy) is 1. The van der Waals surface area contributed by atoms with Gasteiger partial charge < -0.3 is 24.8 Å². The van der Waals surface area contributed by atoms with E-state index in [1.807, 2.05) is 36.6 Å². The van der Waals surface area contributed by atoms with Crippen molar-refractivity contribution in [2.45, 2.75) is 70.6 Å². The molecule has 198 valence electrons. The monoisotopic (exact) mass is 521 g/mol. The van der Waals surface area contributed by atoms with Crippen molar-refractivity contribution in [3.05, 3.63) is 46.0 Å². The van der Waals surface area contributed by atoms with Gasteiger partial charge in [0.25, 0.3) is 5.91 Å². The molecule has 3 aromatic rings. The van der Waals surface area contributed by atoms with Crippen LogP contribution < -0.4 is 10.1 Å². The average molecular weight is 522 g/mol. The molecule has 0 aliphatic carbocycles. The molecule has 3 saturated heterocycles. The molecular weight excluding hydrogens is 482 g/mol. The van der Waals surface area contributed by atoms with Crippen LogP contribution in [0.15, 0.2) is 29.6 Å². The van der Waals surface area contributed by atoms with E-state index in [2.05, 4.69) is 25.1 Å². The zero-order chi connectivity index (χ0) is 25.2. The predicted molar refractivity (Wildman–Crippen MR) is 148 cm³/mol. The maximum Gasteiger partial charge on any atom is 0.267 e. The van der Waals surface area contributed by atoms with Crippen molar-refractivity contribution in [1.82, 2.24) is 25.1 Å². The van der Waals surface area contributed by atoms with Crippen LogP contribution in [-0.2, 0) is 6.61 Å². The molecule has 2 atom stereocenters. The highest BCUT2D eigenvalue weighted by molar-refractivity contribution is 7.09. The van der Waals surface area contributed by atoms with E-state index in [-0.39, 0.29) is 11.9 Å². The van der Waals surface area contributed by atoms with Crippen LogP contribution >= 0.6 is 11.3 Å². The topological polar surface area (TPSA) is 73.5 Å². The molecule has 0 saturated carbocycles. The minimum atomic E-state index is -0.0270. The van der Waals surface area contributed by atoms with Crippen molar-refractivity contribution in [2.75, 3.05) is 32.7 Å². The van der Waals surface area contributed by atoms with Gasteiger partial charge in [-0.25, -0.2) is 4.98 Å². The number of aryl methyl sites for hydroxylation is 1. The number of aromatic amines is 1. The third-order valence-corrected chi connectivity index (χ3v) is 9.38. The van der Waals surface area contributed by atoms with Crippen LogP contribution in [0.4, 0.5) is 0 Å². The highest BCUT2D eigenvalue weighted by atomic mass is 32.1. The van der Waals surface area contributed by atoms with Gasteiger partial charge in [0.15, 0.2) is 0 Å². The van der Waals surface area contributed by atoms with E-state index < -0.39 is 0 Å². The number of aromatic nitrogens is 2. The van der Waals surface area contributed by atoms with E-state index in [1.54, 1.807) is 11.3 Å². The van der Waals surface area contributed by atoms with Gasteiger partial charge in [-0.1, -0.05) is 12.5 Å². The number of likely N-dealkylation sites (tertiary alicyclic amines) is 1. The molecule has 6 rings (SSSR count). The van der Waals surface area contributed by atoms with Gasteiger partial charge in [0.05, 0.1) is 10.7 Å². The number of amides is 1. The van der Waals surface area contributed by atoms with Gasteiger partial charge in [-0.05, 0) is 82.7 Å². The lowest BCUT2D eigenvalue weighted by molar-refractivity contribution is 0.0351. The van der Waals surface area contributed by atoms with Crippen LogP contribution in [0.3, 0.4) is 0 Å². The van der Waals surface area contributed by atoms with Crippen molar-refractivity contribution in [2.24, 2.45) is 5.92 Å². The summed E-state index contributed by atoms with van der Waals surface area (Å²) >= 11 is 1.63. The molecule has 1 aromatic carbocycles. The minimum absolute atomic E-state index is 0.0270. The summed E-state index contributed by atoms with van der Waals surface area (Å²) in [6.45, 7) is 8.42.